The van der Waals surface area contributed by atoms with Crippen molar-refractivity contribution in [3.8, 4) is 0 Å². The Kier molecular flexibility index (Phi) is 10.5. The van der Waals surface area contributed by atoms with Crippen molar-refractivity contribution in [3.05, 3.63) is 0 Å². The summed E-state index contributed by atoms with van der Waals surface area (Å²) in [5, 5.41) is 7.57. The van der Waals surface area contributed by atoms with E-state index in [9.17, 15) is 9.59 Å². The molecule has 1 N–H and O–H groups in total. The molecular weight excluding hydrogens is 148 g/mol. The van der Waals surface area contributed by atoms with Gasteiger partial charge in [0.05, 0.1) is 7.11 Å². The molecule has 11 heavy (non-hydrogen) atoms. The monoisotopic (exact) mass is 162 g/mol. The van der Waals surface area contributed by atoms with E-state index in [1.165, 1.54) is 14.0 Å². The summed E-state index contributed by atoms with van der Waals surface area (Å²) >= 11 is 0. The minimum Gasteiger partial charge on any atom is -0.469 e. The van der Waals surface area contributed by atoms with Gasteiger partial charge in [0.15, 0.2) is 0 Å². The van der Waals surface area contributed by atoms with E-state index >= 15 is 0 Å². The highest BCUT2D eigenvalue weighted by molar-refractivity contribution is 5.93. The highest BCUT2D eigenvalue weighted by Gasteiger charge is 2.01. The van der Waals surface area contributed by atoms with Gasteiger partial charge in [-0.1, -0.05) is 0 Å². The Morgan fingerprint density at radius 2 is 1.82 bits per heavy atom. The number of aliphatic hydroxyl groups excluding tert-OH is 1. The Labute approximate surface area is 66.2 Å². The second-order valence-corrected chi connectivity index (χ2v) is 1.77. The Hall–Kier alpha value is -0.900. The molecule has 0 aliphatic heterocycles. The lowest BCUT2D eigenvalue weighted by atomic mass is 10.3. The van der Waals surface area contributed by atoms with Gasteiger partial charge in [-0.05, 0) is 13.8 Å². The topological polar surface area (TPSA) is 63.6 Å². The van der Waals surface area contributed by atoms with Crippen LogP contribution in [0, 0.1) is 0 Å². The number of rotatable bonds is 2. The highest BCUT2D eigenvalue weighted by Crippen LogP contribution is 1.83. The van der Waals surface area contributed by atoms with Gasteiger partial charge in [-0.2, -0.15) is 0 Å². The van der Waals surface area contributed by atoms with Crippen molar-refractivity contribution in [2.24, 2.45) is 0 Å². The zero-order valence-electron chi connectivity index (χ0n) is 7.09. The van der Waals surface area contributed by atoms with E-state index in [1.54, 1.807) is 6.92 Å². The van der Waals surface area contributed by atoms with Gasteiger partial charge in [-0.3, -0.25) is 9.59 Å². The van der Waals surface area contributed by atoms with Gasteiger partial charge >= 0.3 is 5.97 Å². The third-order valence-electron chi connectivity index (χ3n) is 0.621. The Morgan fingerprint density at radius 1 is 1.45 bits per heavy atom. The molecule has 66 valence electrons. The fraction of sp³-hybridized carbons (Fsp3) is 0.714. The molecule has 0 atom stereocenters. The predicted molar refractivity (Wildman–Crippen MR) is 40.1 cm³/mol. The SMILES string of the molecule is CCO.COC(=O)CC(C)=O. The number of aliphatic hydroxyl groups is 1. The highest BCUT2D eigenvalue weighted by atomic mass is 16.5. The second kappa shape index (κ2) is 9.10. The van der Waals surface area contributed by atoms with Gasteiger partial charge in [-0.25, -0.2) is 0 Å². The summed E-state index contributed by atoms with van der Waals surface area (Å²) in [6.45, 7) is 3.27. The summed E-state index contributed by atoms with van der Waals surface area (Å²) < 4.78 is 4.20. The van der Waals surface area contributed by atoms with Crippen LogP contribution < -0.4 is 0 Å². The first kappa shape index (κ1) is 12.7. The Balaban J connectivity index is 0. The molecule has 0 aromatic carbocycles. The number of ether oxygens (including phenoxy) is 1. The summed E-state index contributed by atoms with van der Waals surface area (Å²) in [5.74, 6) is -0.644. The maximum Gasteiger partial charge on any atom is 0.313 e. The molecule has 0 heterocycles. The van der Waals surface area contributed by atoms with Gasteiger partial charge in [-0.15, -0.1) is 0 Å². The molecule has 0 unspecified atom stereocenters. The number of hydrogen-bond acceptors (Lipinski definition) is 4. The number of methoxy groups -OCH3 is 1. The van der Waals surface area contributed by atoms with Gasteiger partial charge in [0.25, 0.3) is 0 Å². The maximum absolute atomic E-state index is 10.2. The molecule has 4 heteroatoms. The lowest BCUT2D eigenvalue weighted by Crippen LogP contribution is -2.05. The molecule has 0 aliphatic rings. The molecular formula is C7H14O4. The van der Waals surface area contributed by atoms with Crippen LogP contribution in [0.4, 0.5) is 0 Å². The number of ketones is 1. The zero-order chi connectivity index (χ0) is 9.28. The first-order chi connectivity index (χ1) is 5.08. The summed E-state index contributed by atoms with van der Waals surface area (Å²) in [4.78, 5) is 20.3. The predicted octanol–water partition coefficient (Wildman–Crippen LogP) is 0.137. The molecule has 0 bridgehead atoms. The Morgan fingerprint density at radius 3 is 1.91 bits per heavy atom. The molecule has 0 aromatic heterocycles. The maximum atomic E-state index is 10.2. The van der Waals surface area contributed by atoms with Crippen LogP contribution in [0.1, 0.15) is 20.3 Å². The van der Waals surface area contributed by atoms with Crippen molar-refractivity contribution in [1.82, 2.24) is 0 Å². The molecule has 0 fully saturated rings. The molecule has 0 spiro atoms. The van der Waals surface area contributed by atoms with Crippen molar-refractivity contribution in [1.29, 1.82) is 0 Å². The van der Waals surface area contributed by atoms with E-state index in [0.29, 0.717) is 0 Å². The molecule has 0 rings (SSSR count). The van der Waals surface area contributed by atoms with Crippen molar-refractivity contribution in [3.63, 3.8) is 0 Å². The number of hydrogen-bond donors (Lipinski definition) is 1. The van der Waals surface area contributed by atoms with Gasteiger partial charge in [0, 0.05) is 6.61 Å². The summed E-state index contributed by atoms with van der Waals surface area (Å²) in [6.07, 6.45) is -0.115. The number of esters is 1. The molecule has 4 nitrogen and oxygen atoms in total. The van der Waals surface area contributed by atoms with Crippen LogP contribution in [0.2, 0.25) is 0 Å². The van der Waals surface area contributed by atoms with Gasteiger partial charge in [0.1, 0.15) is 12.2 Å². The molecule has 0 aliphatic carbocycles. The lowest BCUT2D eigenvalue weighted by molar-refractivity contribution is -0.142. The van der Waals surface area contributed by atoms with Crippen molar-refractivity contribution >= 4 is 11.8 Å². The first-order valence-corrected chi connectivity index (χ1v) is 3.25. The first-order valence-electron chi connectivity index (χ1n) is 3.25. The van der Waals surface area contributed by atoms with Crippen LogP contribution in [0.25, 0.3) is 0 Å². The van der Waals surface area contributed by atoms with E-state index in [2.05, 4.69) is 4.74 Å². The van der Waals surface area contributed by atoms with Crippen LogP contribution in [0.15, 0.2) is 0 Å². The van der Waals surface area contributed by atoms with Crippen LogP contribution in [-0.4, -0.2) is 30.6 Å². The van der Waals surface area contributed by atoms with E-state index in [1.807, 2.05) is 0 Å². The zero-order valence-corrected chi connectivity index (χ0v) is 7.09. The standard InChI is InChI=1S/C5H8O3.C2H6O/c1-4(6)3-5(7)8-2;1-2-3/h3H2,1-2H3;3H,2H2,1H3. The van der Waals surface area contributed by atoms with Crippen LogP contribution >= 0.6 is 0 Å². The van der Waals surface area contributed by atoms with E-state index < -0.39 is 5.97 Å². The fourth-order valence-electron chi connectivity index (χ4n) is 0.275. The largest absolute Gasteiger partial charge is 0.469 e. The fourth-order valence-corrected chi connectivity index (χ4v) is 0.275. The number of carbonyl (C=O) groups is 2. The van der Waals surface area contributed by atoms with E-state index in [0.717, 1.165) is 0 Å². The second-order valence-electron chi connectivity index (χ2n) is 1.77. The molecule has 0 saturated heterocycles. The molecule has 0 radical (unpaired) electrons. The number of Topliss-reactive ketones (excluding diaryl/α,β-unsaturated/α-hetero) is 1. The molecule has 0 aromatic rings. The van der Waals surface area contributed by atoms with Gasteiger partial charge in [0.2, 0.25) is 0 Å². The third kappa shape index (κ3) is 17.6. The van der Waals surface area contributed by atoms with Crippen LogP contribution in [0.5, 0.6) is 0 Å². The van der Waals surface area contributed by atoms with Crippen molar-refractivity contribution < 1.29 is 19.4 Å². The molecule has 0 saturated carbocycles. The quantitative estimate of drug-likeness (QED) is 0.463. The average molecular weight is 162 g/mol. The van der Waals surface area contributed by atoms with Crippen LogP contribution in [-0.2, 0) is 14.3 Å². The van der Waals surface area contributed by atoms with Crippen molar-refractivity contribution in [2.45, 2.75) is 20.3 Å². The molecule has 0 amide bonds. The van der Waals surface area contributed by atoms with Crippen LogP contribution in [0.3, 0.4) is 0 Å². The van der Waals surface area contributed by atoms with Gasteiger partial charge < -0.3 is 9.84 Å². The van der Waals surface area contributed by atoms with Crippen molar-refractivity contribution in [2.75, 3.05) is 13.7 Å². The van der Waals surface area contributed by atoms with E-state index in [-0.39, 0.29) is 18.8 Å². The minimum atomic E-state index is -0.475. The third-order valence-corrected chi connectivity index (χ3v) is 0.621. The minimum absolute atomic E-state index is 0.115. The smallest absolute Gasteiger partial charge is 0.313 e. The summed E-state index contributed by atoms with van der Waals surface area (Å²) in [7, 11) is 1.26. The average Bonchev–Trinajstić information content (AvgIpc) is 1.88. The number of carbonyl (C=O) groups excluding carboxylic acids is 2. The lowest BCUT2D eigenvalue weighted by Gasteiger charge is -1.90. The summed E-state index contributed by atoms with van der Waals surface area (Å²) in [6, 6.07) is 0. The summed E-state index contributed by atoms with van der Waals surface area (Å²) in [5.41, 5.74) is 0. The Bertz CT molecular complexity index is 120. The van der Waals surface area contributed by atoms with E-state index in [4.69, 9.17) is 5.11 Å². The normalized spacial score (nSPS) is 7.64.